The van der Waals surface area contributed by atoms with Gasteiger partial charge >= 0.3 is 12.0 Å². The largest absolute Gasteiger partial charge is 0.481 e. The van der Waals surface area contributed by atoms with Gasteiger partial charge in [0.2, 0.25) is 0 Å². The third kappa shape index (κ3) is 3.69. The summed E-state index contributed by atoms with van der Waals surface area (Å²) in [4.78, 5) is 26.7. The molecule has 0 radical (unpaired) electrons. The smallest absolute Gasteiger partial charge is 0.319 e. The van der Waals surface area contributed by atoms with E-state index in [9.17, 15) is 9.59 Å². The Morgan fingerprint density at radius 2 is 2.15 bits per heavy atom. The van der Waals surface area contributed by atoms with E-state index in [0.29, 0.717) is 12.2 Å². The lowest BCUT2D eigenvalue weighted by molar-refractivity contribution is -0.141. The molecule has 2 rings (SSSR count). The molecule has 1 aliphatic carbocycles. The van der Waals surface area contributed by atoms with Crippen molar-refractivity contribution in [3.8, 4) is 0 Å². The van der Waals surface area contributed by atoms with Crippen LogP contribution in [0.25, 0.3) is 0 Å². The van der Waals surface area contributed by atoms with E-state index in [-0.39, 0.29) is 17.9 Å². The minimum absolute atomic E-state index is 0.110. The summed E-state index contributed by atoms with van der Waals surface area (Å²) in [6.07, 6.45) is 4.43. The van der Waals surface area contributed by atoms with Crippen LogP contribution >= 0.6 is 0 Å². The van der Waals surface area contributed by atoms with Gasteiger partial charge in [-0.15, -0.1) is 0 Å². The number of carboxylic acid groups (broad SMARTS) is 1. The predicted molar refractivity (Wildman–Crippen MR) is 74.5 cm³/mol. The zero-order chi connectivity index (χ0) is 14.6. The molecule has 3 N–H and O–H groups in total. The highest BCUT2D eigenvalue weighted by molar-refractivity contribution is 5.89. The number of rotatable bonds is 5. The molecule has 108 valence electrons. The number of nitrogens with one attached hydrogen (secondary N) is 2. The van der Waals surface area contributed by atoms with Gasteiger partial charge in [0.1, 0.15) is 0 Å². The van der Waals surface area contributed by atoms with Crippen LogP contribution in [0.15, 0.2) is 18.3 Å². The van der Waals surface area contributed by atoms with Crippen molar-refractivity contribution in [2.75, 3.05) is 11.9 Å². The number of anilines is 1. The first-order valence-corrected chi connectivity index (χ1v) is 6.68. The van der Waals surface area contributed by atoms with Crippen LogP contribution in [0, 0.1) is 12.3 Å². The molecule has 1 aromatic rings. The van der Waals surface area contributed by atoms with Crippen molar-refractivity contribution in [3.63, 3.8) is 0 Å². The van der Waals surface area contributed by atoms with Gasteiger partial charge in [0, 0.05) is 12.2 Å². The lowest BCUT2D eigenvalue weighted by Crippen LogP contribution is -2.44. The summed E-state index contributed by atoms with van der Waals surface area (Å²) in [5.41, 5.74) is 1.23. The van der Waals surface area contributed by atoms with Gasteiger partial charge in [-0.1, -0.05) is 6.42 Å². The summed E-state index contributed by atoms with van der Waals surface area (Å²) in [5, 5.41) is 14.3. The number of aromatic nitrogens is 1. The monoisotopic (exact) mass is 277 g/mol. The number of hydrogen-bond donors (Lipinski definition) is 3. The van der Waals surface area contributed by atoms with Gasteiger partial charge in [-0.25, -0.2) is 4.79 Å². The summed E-state index contributed by atoms with van der Waals surface area (Å²) in [5.74, 6) is -0.811. The fraction of sp³-hybridized carbons (Fsp3) is 0.500. The van der Waals surface area contributed by atoms with Crippen LogP contribution in [0.1, 0.15) is 31.4 Å². The number of carbonyl (C=O) groups is 2. The van der Waals surface area contributed by atoms with Crippen molar-refractivity contribution in [2.24, 2.45) is 5.41 Å². The van der Waals surface area contributed by atoms with Crippen LogP contribution in [0.5, 0.6) is 0 Å². The zero-order valence-electron chi connectivity index (χ0n) is 11.5. The Hall–Kier alpha value is -2.11. The molecule has 20 heavy (non-hydrogen) atoms. The van der Waals surface area contributed by atoms with E-state index in [4.69, 9.17) is 5.11 Å². The van der Waals surface area contributed by atoms with E-state index in [0.717, 1.165) is 25.0 Å². The Balaban J connectivity index is 1.82. The van der Waals surface area contributed by atoms with Crippen LogP contribution < -0.4 is 10.6 Å². The molecule has 2 amide bonds. The average Bonchev–Trinajstić information content (AvgIpc) is 2.35. The number of pyridine rings is 1. The standard InChI is InChI=1S/C14H19N3O3/c1-10-3-4-11(8-15-10)17-13(20)16-9-14(5-2-6-14)7-12(18)19/h3-4,8H,2,5-7,9H2,1H3,(H,18,19)(H2,16,17,20). The van der Waals surface area contributed by atoms with E-state index < -0.39 is 5.97 Å². The second-order valence-corrected chi connectivity index (χ2v) is 5.42. The van der Waals surface area contributed by atoms with Gasteiger partial charge in [-0.3, -0.25) is 9.78 Å². The summed E-state index contributed by atoms with van der Waals surface area (Å²) < 4.78 is 0. The normalized spacial score (nSPS) is 16.1. The van der Waals surface area contributed by atoms with E-state index in [1.54, 1.807) is 12.3 Å². The Labute approximate surface area is 117 Å². The quantitative estimate of drug-likeness (QED) is 0.769. The number of amides is 2. The molecule has 0 unspecified atom stereocenters. The Morgan fingerprint density at radius 1 is 1.40 bits per heavy atom. The highest BCUT2D eigenvalue weighted by atomic mass is 16.4. The van der Waals surface area contributed by atoms with Gasteiger partial charge in [-0.05, 0) is 37.3 Å². The molecule has 0 aromatic carbocycles. The van der Waals surface area contributed by atoms with Crippen LogP contribution in [-0.4, -0.2) is 28.6 Å². The lowest BCUT2D eigenvalue weighted by atomic mass is 9.66. The molecule has 6 heteroatoms. The lowest BCUT2D eigenvalue weighted by Gasteiger charge is -2.40. The van der Waals surface area contributed by atoms with Crippen molar-refractivity contribution in [3.05, 3.63) is 24.0 Å². The van der Waals surface area contributed by atoms with Crippen molar-refractivity contribution in [2.45, 2.75) is 32.6 Å². The molecule has 1 saturated carbocycles. The molecule has 0 aliphatic heterocycles. The van der Waals surface area contributed by atoms with Crippen molar-refractivity contribution in [1.29, 1.82) is 0 Å². The van der Waals surface area contributed by atoms with Crippen LogP contribution in [-0.2, 0) is 4.79 Å². The van der Waals surface area contributed by atoms with Gasteiger partial charge in [-0.2, -0.15) is 0 Å². The molecule has 0 spiro atoms. The van der Waals surface area contributed by atoms with Crippen molar-refractivity contribution >= 4 is 17.7 Å². The molecule has 1 fully saturated rings. The van der Waals surface area contributed by atoms with Crippen LogP contribution in [0.3, 0.4) is 0 Å². The maximum absolute atomic E-state index is 11.8. The number of hydrogen-bond acceptors (Lipinski definition) is 3. The highest BCUT2D eigenvalue weighted by Crippen LogP contribution is 2.43. The fourth-order valence-corrected chi connectivity index (χ4v) is 2.40. The van der Waals surface area contributed by atoms with Crippen LogP contribution in [0.4, 0.5) is 10.5 Å². The maximum Gasteiger partial charge on any atom is 0.319 e. The minimum atomic E-state index is -0.811. The molecule has 1 heterocycles. The first-order valence-electron chi connectivity index (χ1n) is 6.68. The van der Waals surface area contributed by atoms with Gasteiger partial charge in [0.05, 0.1) is 18.3 Å². The Bertz CT molecular complexity index is 495. The van der Waals surface area contributed by atoms with Crippen molar-refractivity contribution in [1.82, 2.24) is 10.3 Å². The van der Waals surface area contributed by atoms with Gasteiger partial charge < -0.3 is 15.7 Å². The summed E-state index contributed by atoms with van der Waals surface area (Å²) in [7, 11) is 0. The van der Waals surface area contributed by atoms with E-state index >= 15 is 0 Å². The summed E-state index contributed by atoms with van der Waals surface area (Å²) in [6.45, 7) is 2.26. The molecule has 0 saturated heterocycles. The topological polar surface area (TPSA) is 91.3 Å². The molecular weight excluding hydrogens is 258 g/mol. The number of carboxylic acids is 1. The second-order valence-electron chi connectivity index (χ2n) is 5.42. The van der Waals surface area contributed by atoms with Crippen LogP contribution in [0.2, 0.25) is 0 Å². The fourth-order valence-electron chi connectivity index (χ4n) is 2.40. The molecule has 6 nitrogen and oxygen atoms in total. The maximum atomic E-state index is 11.8. The minimum Gasteiger partial charge on any atom is -0.481 e. The van der Waals surface area contributed by atoms with Crippen molar-refractivity contribution < 1.29 is 14.7 Å². The molecule has 1 aliphatic rings. The molecule has 0 atom stereocenters. The molecular formula is C14H19N3O3. The van der Waals surface area contributed by atoms with Gasteiger partial charge in [0.15, 0.2) is 0 Å². The first-order chi connectivity index (χ1) is 9.49. The third-order valence-electron chi connectivity index (χ3n) is 3.73. The predicted octanol–water partition coefficient (Wildman–Crippen LogP) is 2.16. The number of nitrogens with zero attached hydrogens (tertiary/aromatic N) is 1. The zero-order valence-corrected chi connectivity index (χ0v) is 11.5. The first kappa shape index (κ1) is 14.3. The number of aryl methyl sites for hydroxylation is 1. The number of aliphatic carboxylic acids is 1. The SMILES string of the molecule is Cc1ccc(NC(=O)NCC2(CC(=O)O)CCC2)cn1. The number of urea groups is 1. The van der Waals surface area contributed by atoms with E-state index in [2.05, 4.69) is 15.6 Å². The number of carbonyl (C=O) groups excluding carboxylic acids is 1. The molecule has 0 bridgehead atoms. The van der Waals surface area contributed by atoms with Gasteiger partial charge in [0.25, 0.3) is 0 Å². The Kier molecular flexibility index (Phi) is 4.22. The van der Waals surface area contributed by atoms with E-state index in [1.807, 2.05) is 13.0 Å². The molecule has 1 aromatic heterocycles. The second kappa shape index (κ2) is 5.90. The van der Waals surface area contributed by atoms with E-state index in [1.165, 1.54) is 0 Å². The third-order valence-corrected chi connectivity index (χ3v) is 3.73. The average molecular weight is 277 g/mol. The highest BCUT2D eigenvalue weighted by Gasteiger charge is 2.39. The summed E-state index contributed by atoms with van der Waals surface area (Å²) in [6, 6.07) is 3.26. The Morgan fingerprint density at radius 3 is 2.65 bits per heavy atom. The summed E-state index contributed by atoms with van der Waals surface area (Å²) >= 11 is 0.